The summed E-state index contributed by atoms with van der Waals surface area (Å²) in [6.07, 6.45) is 14.9. The molecule has 0 saturated heterocycles. The minimum absolute atomic E-state index is 0.171. The summed E-state index contributed by atoms with van der Waals surface area (Å²) >= 11 is 0. The van der Waals surface area contributed by atoms with Crippen LogP contribution >= 0.6 is 0 Å². The van der Waals surface area contributed by atoms with Crippen molar-refractivity contribution in [2.24, 2.45) is 5.41 Å². The van der Waals surface area contributed by atoms with Crippen LogP contribution in [0.4, 0.5) is 5.69 Å². The van der Waals surface area contributed by atoms with Gasteiger partial charge in [0.25, 0.3) is 0 Å². The Morgan fingerprint density at radius 1 is 1.10 bits per heavy atom. The van der Waals surface area contributed by atoms with Gasteiger partial charge >= 0.3 is 0 Å². The fourth-order valence-electron chi connectivity index (χ4n) is 4.09. The number of ether oxygens (including phenoxy) is 1. The van der Waals surface area contributed by atoms with Crippen molar-refractivity contribution >= 4 is 11.8 Å². The maximum atomic E-state index is 9.04. The highest BCUT2D eigenvalue weighted by Gasteiger charge is 2.24. The second-order valence-corrected chi connectivity index (χ2v) is 9.04. The topological polar surface area (TPSA) is 36.3 Å². The molecule has 0 aromatic heterocycles. The number of rotatable bonds is 10. The average Bonchev–Trinajstić information content (AvgIpc) is 2.71. The van der Waals surface area contributed by atoms with E-state index in [1.54, 1.807) is 13.2 Å². The standard InChI is InChI=1S/C27H38N2O/c1-6-8-16-29(17-9-7-2)25-13-12-24(26(19-25)30-5)11-10-22-18-23(14-15-28)21-27(3,4)20-22/h10-14,18-19H,6-9,16-17,20-21H2,1-5H3. The van der Waals surface area contributed by atoms with Gasteiger partial charge in [0.2, 0.25) is 0 Å². The van der Waals surface area contributed by atoms with E-state index in [-0.39, 0.29) is 5.41 Å². The molecule has 1 aromatic carbocycles. The van der Waals surface area contributed by atoms with Crippen LogP contribution in [0.1, 0.15) is 71.8 Å². The second kappa shape index (κ2) is 11.6. The van der Waals surface area contributed by atoms with E-state index in [4.69, 9.17) is 10.00 Å². The molecule has 1 aliphatic rings. The summed E-state index contributed by atoms with van der Waals surface area (Å²) in [5.41, 5.74) is 4.86. The Morgan fingerprint density at radius 2 is 1.80 bits per heavy atom. The molecule has 30 heavy (non-hydrogen) atoms. The lowest BCUT2D eigenvalue weighted by Gasteiger charge is -2.30. The minimum atomic E-state index is 0.171. The van der Waals surface area contributed by atoms with Crippen LogP contribution in [0.3, 0.4) is 0 Å². The highest BCUT2D eigenvalue weighted by molar-refractivity contribution is 5.65. The minimum Gasteiger partial charge on any atom is -0.496 e. The van der Waals surface area contributed by atoms with Gasteiger partial charge in [0.15, 0.2) is 0 Å². The van der Waals surface area contributed by atoms with Gasteiger partial charge in [-0.15, -0.1) is 0 Å². The molecule has 0 heterocycles. The third kappa shape index (κ3) is 7.10. The molecule has 3 nitrogen and oxygen atoms in total. The van der Waals surface area contributed by atoms with Crippen molar-refractivity contribution in [1.29, 1.82) is 5.26 Å². The normalized spacial score (nSPS) is 17.1. The Balaban J connectivity index is 2.25. The zero-order chi connectivity index (χ0) is 22.0. The summed E-state index contributed by atoms with van der Waals surface area (Å²) < 4.78 is 5.73. The molecule has 0 radical (unpaired) electrons. The van der Waals surface area contributed by atoms with E-state index in [0.717, 1.165) is 42.8 Å². The molecular weight excluding hydrogens is 368 g/mol. The van der Waals surface area contributed by atoms with Gasteiger partial charge in [-0.05, 0) is 54.4 Å². The Kier molecular flexibility index (Phi) is 9.24. The molecule has 0 saturated carbocycles. The molecule has 1 aliphatic carbocycles. The van der Waals surface area contributed by atoms with Gasteiger partial charge in [0, 0.05) is 36.5 Å². The number of hydrogen-bond donors (Lipinski definition) is 0. The van der Waals surface area contributed by atoms with E-state index in [0.29, 0.717) is 0 Å². The molecular formula is C27H38N2O. The Bertz CT molecular complexity index is 816. The van der Waals surface area contributed by atoms with Crippen LogP contribution in [0.15, 0.2) is 47.6 Å². The number of anilines is 1. The predicted molar refractivity (Wildman–Crippen MR) is 129 cm³/mol. The second-order valence-electron chi connectivity index (χ2n) is 9.04. The Morgan fingerprint density at radius 3 is 2.40 bits per heavy atom. The first-order valence-corrected chi connectivity index (χ1v) is 11.3. The molecule has 0 amide bonds. The average molecular weight is 407 g/mol. The quantitative estimate of drug-likeness (QED) is 0.382. The number of nitrogens with zero attached hydrogens (tertiary/aromatic N) is 2. The van der Waals surface area contributed by atoms with E-state index in [9.17, 15) is 0 Å². The highest BCUT2D eigenvalue weighted by atomic mass is 16.5. The van der Waals surface area contributed by atoms with Gasteiger partial charge in [-0.2, -0.15) is 5.26 Å². The number of benzene rings is 1. The summed E-state index contributed by atoms with van der Waals surface area (Å²) in [6.45, 7) is 11.2. The van der Waals surface area contributed by atoms with Gasteiger partial charge < -0.3 is 9.64 Å². The molecule has 0 N–H and O–H groups in total. The molecule has 0 fully saturated rings. The van der Waals surface area contributed by atoms with E-state index in [1.165, 1.54) is 36.9 Å². The fraction of sp³-hybridized carbons (Fsp3) is 0.519. The third-order valence-corrected chi connectivity index (χ3v) is 5.61. The number of allylic oxidation sites excluding steroid dienone is 5. The van der Waals surface area contributed by atoms with Crippen molar-refractivity contribution in [1.82, 2.24) is 0 Å². The SMILES string of the molecule is CCCCN(CCCC)c1ccc(C=CC2=CC(=CC#N)CC(C)(C)C2)c(OC)c1. The van der Waals surface area contributed by atoms with Gasteiger partial charge in [-0.25, -0.2) is 0 Å². The molecule has 3 heteroatoms. The van der Waals surface area contributed by atoms with E-state index < -0.39 is 0 Å². The van der Waals surface area contributed by atoms with Crippen molar-refractivity contribution in [3.63, 3.8) is 0 Å². The van der Waals surface area contributed by atoms with Gasteiger partial charge in [0.1, 0.15) is 5.75 Å². The molecule has 0 aliphatic heterocycles. The van der Waals surface area contributed by atoms with Crippen LogP contribution < -0.4 is 9.64 Å². The lowest BCUT2D eigenvalue weighted by atomic mass is 9.75. The molecule has 0 spiro atoms. The van der Waals surface area contributed by atoms with E-state index in [1.807, 2.05) is 0 Å². The van der Waals surface area contributed by atoms with Crippen LogP contribution in [0.25, 0.3) is 6.08 Å². The van der Waals surface area contributed by atoms with Crippen LogP contribution in [0.2, 0.25) is 0 Å². The van der Waals surface area contributed by atoms with Gasteiger partial charge in [-0.3, -0.25) is 0 Å². The van der Waals surface area contributed by atoms with Crippen LogP contribution in [0.5, 0.6) is 5.75 Å². The Hall–Kier alpha value is -2.47. The van der Waals surface area contributed by atoms with Crippen LogP contribution in [0, 0.1) is 16.7 Å². The van der Waals surface area contributed by atoms with Gasteiger partial charge in [-0.1, -0.05) is 58.8 Å². The monoisotopic (exact) mass is 406 g/mol. The number of unbranched alkanes of at least 4 members (excludes halogenated alkanes) is 2. The molecule has 1 aromatic rings. The predicted octanol–water partition coefficient (Wildman–Crippen LogP) is 7.31. The first-order chi connectivity index (χ1) is 14.4. The molecule has 0 atom stereocenters. The van der Waals surface area contributed by atoms with Crippen molar-refractivity contribution in [3.05, 3.63) is 53.1 Å². The summed E-state index contributed by atoms with van der Waals surface area (Å²) in [6, 6.07) is 8.73. The zero-order valence-electron chi connectivity index (χ0n) is 19.5. The number of hydrogen-bond acceptors (Lipinski definition) is 3. The first kappa shape index (κ1) is 23.8. The van der Waals surface area contributed by atoms with Crippen molar-refractivity contribution in [3.8, 4) is 11.8 Å². The van der Waals surface area contributed by atoms with Crippen LogP contribution in [-0.2, 0) is 0 Å². The lowest BCUT2D eigenvalue weighted by Crippen LogP contribution is -2.25. The summed E-state index contributed by atoms with van der Waals surface area (Å²) in [5.74, 6) is 0.908. The van der Waals surface area contributed by atoms with Crippen molar-refractivity contribution < 1.29 is 4.74 Å². The number of methoxy groups -OCH3 is 1. The highest BCUT2D eigenvalue weighted by Crippen LogP contribution is 2.38. The van der Waals surface area contributed by atoms with E-state index in [2.05, 4.69) is 75.1 Å². The van der Waals surface area contributed by atoms with Crippen LogP contribution in [-0.4, -0.2) is 20.2 Å². The smallest absolute Gasteiger partial charge is 0.128 e. The Labute approximate surface area is 183 Å². The maximum absolute atomic E-state index is 9.04. The molecule has 0 unspecified atom stereocenters. The number of nitriles is 1. The largest absolute Gasteiger partial charge is 0.496 e. The van der Waals surface area contributed by atoms with Gasteiger partial charge in [0.05, 0.1) is 13.2 Å². The first-order valence-electron chi connectivity index (χ1n) is 11.3. The molecule has 0 bridgehead atoms. The molecule has 162 valence electrons. The van der Waals surface area contributed by atoms with Crippen molar-refractivity contribution in [2.75, 3.05) is 25.1 Å². The summed E-state index contributed by atoms with van der Waals surface area (Å²) in [4.78, 5) is 2.48. The summed E-state index contributed by atoms with van der Waals surface area (Å²) in [5, 5.41) is 9.04. The summed E-state index contributed by atoms with van der Waals surface area (Å²) in [7, 11) is 1.75. The van der Waals surface area contributed by atoms with E-state index >= 15 is 0 Å². The maximum Gasteiger partial charge on any atom is 0.128 e. The van der Waals surface area contributed by atoms with Crippen molar-refractivity contribution in [2.45, 2.75) is 66.2 Å². The zero-order valence-corrected chi connectivity index (χ0v) is 19.5. The third-order valence-electron chi connectivity index (χ3n) is 5.61. The fourth-order valence-corrected chi connectivity index (χ4v) is 4.09. The molecule has 2 rings (SSSR count). The lowest BCUT2D eigenvalue weighted by molar-refractivity contribution is 0.355.